The Morgan fingerprint density at radius 3 is 2.13 bits per heavy atom. The quantitative estimate of drug-likeness (QED) is 0.728. The first-order chi connectivity index (χ1) is 6.77. The highest BCUT2D eigenvalue weighted by molar-refractivity contribution is 5.85. The molecule has 0 aliphatic carbocycles. The zero-order valence-corrected chi connectivity index (χ0v) is 9.42. The molecule has 0 atom stereocenters. The molecule has 15 heavy (non-hydrogen) atoms. The third kappa shape index (κ3) is 2.51. The van der Waals surface area contributed by atoms with Crippen LogP contribution in [0.3, 0.4) is 0 Å². The van der Waals surface area contributed by atoms with E-state index in [9.17, 15) is 0 Å². The van der Waals surface area contributed by atoms with E-state index >= 15 is 0 Å². The number of aryl methyl sites for hydroxylation is 1. The number of nitrogens with two attached hydrogens (primary N) is 1. The maximum Gasteiger partial charge on any atom is 0.0344 e. The molecule has 2 heteroatoms. The van der Waals surface area contributed by atoms with Crippen LogP contribution in [0.5, 0.6) is 0 Å². The summed E-state index contributed by atoms with van der Waals surface area (Å²) in [5, 5.41) is 0. The fourth-order valence-corrected chi connectivity index (χ4v) is 1.49. The molecule has 2 aromatic rings. The molecule has 78 valence electrons. The van der Waals surface area contributed by atoms with Crippen LogP contribution in [0.2, 0.25) is 0 Å². The Balaban J connectivity index is 0.00000112. The Morgan fingerprint density at radius 2 is 1.53 bits per heavy atom. The van der Waals surface area contributed by atoms with Crippen LogP contribution in [0.25, 0.3) is 11.1 Å². The standard InChI is InChI=1S/C13H13N.ClH/c1-10-9-12(7-8-13(10)14)11-5-3-2-4-6-11;/h2-9H,14H2,1H3;1H. The fraction of sp³-hybridized carbons (Fsp3) is 0.0769. The normalized spacial score (nSPS) is 9.40. The molecule has 2 aromatic carbocycles. The molecule has 0 radical (unpaired) electrons. The van der Waals surface area contributed by atoms with Gasteiger partial charge in [-0.2, -0.15) is 0 Å². The molecule has 0 heterocycles. The van der Waals surface area contributed by atoms with Gasteiger partial charge in [-0.15, -0.1) is 12.4 Å². The lowest BCUT2D eigenvalue weighted by molar-refractivity contribution is 1.46. The Labute approximate surface area is 96.3 Å². The molecule has 0 fully saturated rings. The molecule has 1 nitrogen and oxygen atoms in total. The minimum atomic E-state index is 0. The van der Waals surface area contributed by atoms with Crippen molar-refractivity contribution in [2.24, 2.45) is 0 Å². The van der Waals surface area contributed by atoms with Gasteiger partial charge in [-0.3, -0.25) is 0 Å². The SMILES string of the molecule is Cc1cc(-c2ccccc2)ccc1N.Cl. The maximum absolute atomic E-state index is 5.77. The van der Waals surface area contributed by atoms with Crippen LogP contribution in [0.1, 0.15) is 5.56 Å². The van der Waals surface area contributed by atoms with Crippen LogP contribution in [-0.2, 0) is 0 Å². The van der Waals surface area contributed by atoms with Gasteiger partial charge in [0.15, 0.2) is 0 Å². The second-order valence-electron chi connectivity index (χ2n) is 3.44. The van der Waals surface area contributed by atoms with Crippen molar-refractivity contribution in [1.29, 1.82) is 0 Å². The summed E-state index contributed by atoms with van der Waals surface area (Å²) >= 11 is 0. The Hall–Kier alpha value is -1.47. The largest absolute Gasteiger partial charge is 0.399 e. The van der Waals surface area contributed by atoms with Gasteiger partial charge in [-0.05, 0) is 35.7 Å². The minimum Gasteiger partial charge on any atom is -0.399 e. The first-order valence-electron chi connectivity index (χ1n) is 4.69. The molecule has 0 aliphatic rings. The highest BCUT2D eigenvalue weighted by Gasteiger charge is 1.98. The molecule has 0 aromatic heterocycles. The molecule has 0 bridgehead atoms. The van der Waals surface area contributed by atoms with Gasteiger partial charge in [0.25, 0.3) is 0 Å². The van der Waals surface area contributed by atoms with Gasteiger partial charge in [-0.1, -0.05) is 36.4 Å². The summed E-state index contributed by atoms with van der Waals surface area (Å²) in [7, 11) is 0. The summed E-state index contributed by atoms with van der Waals surface area (Å²) < 4.78 is 0. The molecule has 2 N–H and O–H groups in total. The van der Waals surface area contributed by atoms with Crippen LogP contribution in [0.4, 0.5) is 5.69 Å². The topological polar surface area (TPSA) is 26.0 Å². The van der Waals surface area contributed by atoms with E-state index in [1.165, 1.54) is 11.1 Å². The van der Waals surface area contributed by atoms with Gasteiger partial charge in [0.05, 0.1) is 0 Å². The van der Waals surface area contributed by atoms with Crippen molar-refractivity contribution in [3.8, 4) is 11.1 Å². The van der Waals surface area contributed by atoms with E-state index in [2.05, 4.69) is 24.3 Å². The van der Waals surface area contributed by atoms with Crippen LogP contribution in [0.15, 0.2) is 48.5 Å². The van der Waals surface area contributed by atoms with E-state index in [4.69, 9.17) is 5.73 Å². The zero-order chi connectivity index (χ0) is 9.97. The van der Waals surface area contributed by atoms with Crippen molar-refractivity contribution in [2.45, 2.75) is 6.92 Å². The van der Waals surface area contributed by atoms with E-state index in [1.54, 1.807) is 0 Å². The fourth-order valence-electron chi connectivity index (χ4n) is 1.49. The first-order valence-corrected chi connectivity index (χ1v) is 4.69. The van der Waals surface area contributed by atoms with Crippen molar-refractivity contribution in [3.05, 3.63) is 54.1 Å². The predicted octanol–water partition coefficient (Wildman–Crippen LogP) is 3.67. The molecule has 0 aliphatic heterocycles. The molecule has 0 unspecified atom stereocenters. The van der Waals surface area contributed by atoms with Gasteiger partial charge in [-0.25, -0.2) is 0 Å². The lowest BCUT2D eigenvalue weighted by Gasteiger charge is -2.04. The van der Waals surface area contributed by atoms with Crippen molar-refractivity contribution in [2.75, 3.05) is 5.73 Å². The van der Waals surface area contributed by atoms with Crippen molar-refractivity contribution in [1.82, 2.24) is 0 Å². The van der Waals surface area contributed by atoms with Gasteiger partial charge < -0.3 is 5.73 Å². The molecular weight excluding hydrogens is 206 g/mol. The van der Waals surface area contributed by atoms with Gasteiger partial charge >= 0.3 is 0 Å². The van der Waals surface area contributed by atoms with Gasteiger partial charge in [0.1, 0.15) is 0 Å². The molecule has 0 spiro atoms. The van der Waals surface area contributed by atoms with Crippen LogP contribution >= 0.6 is 12.4 Å². The molecule has 0 amide bonds. The summed E-state index contributed by atoms with van der Waals surface area (Å²) in [6.07, 6.45) is 0. The van der Waals surface area contributed by atoms with Crippen LogP contribution < -0.4 is 5.73 Å². The van der Waals surface area contributed by atoms with E-state index in [0.717, 1.165) is 11.3 Å². The minimum absolute atomic E-state index is 0. The smallest absolute Gasteiger partial charge is 0.0344 e. The summed E-state index contributed by atoms with van der Waals surface area (Å²) in [6, 6.07) is 16.4. The van der Waals surface area contributed by atoms with E-state index in [0.29, 0.717) is 0 Å². The first kappa shape index (κ1) is 11.6. The predicted molar refractivity (Wildman–Crippen MR) is 68.3 cm³/mol. The number of hydrogen-bond acceptors (Lipinski definition) is 1. The number of hydrogen-bond donors (Lipinski definition) is 1. The number of halogens is 1. The molecule has 0 saturated carbocycles. The molecule has 0 saturated heterocycles. The second-order valence-corrected chi connectivity index (χ2v) is 3.44. The highest BCUT2D eigenvalue weighted by atomic mass is 35.5. The number of rotatable bonds is 1. The van der Waals surface area contributed by atoms with Crippen molar-refractivity contribution in [3.63, 3.8) is 0 Å². The Bertz CT molecular complexity index is 438. The lowest BCUT2D eigenvalue weighted by atomic mass is 10.0. The molecular formula is C13H14ClN. The highest BCUT2D eigenvalue weighted by Crippen LogP contribution is 2.22. The monoisotopic (exact) mass is 219 g/mol. The van der Waals surface area contributed by atoms with E-state index < -0.39 is 0 Å². The van der Waals surface area contributed by atoms with Crippen LogP contribution in [-0.4, -0.2) is 0 Å². The third-order valence-electron chi connectivity index (χ3n) is 2.38. The summed E-state index contributed by atoms with van der Waals surface area (Å²) in [6.45, 7) is 2.03. The maximum atomic E-state index is 5.77. The average Bonchev–Trinajstić information content (AvgIpc) is 2.23. The number of nitrogen functional groups attached to an aromatic ring is 1. The van der Waals surface area contributed by atoms with Gasteiger partial charge in [0.2, 0.25) is 0 Å². The summed E-state index contributed by atoms with van der Waals surface area (Å²) in [5.41, 5.74) is 10.2. The van der Waals surface area contributed by atoms with E-state index in [1.807, 2.05) is 31.2 Å². The zero-order valence-electron chi connectivity index (χ0n) is 8.60. The van der Waals surface area contributed by atoms with Gasteiger partial charge in [0, 0.05) is 5.69 Å². The summed E-state index contributed by atoms with van der Waals surface area (Å²) in [4.78, 5) is 0. The number of anilines is 1. The van der Waals surface area contributed by atoms with Crippen molar-refractivity contribution < 1.29 is 0 Å². The van der Waals surface area contributed by atoms with Crippen LogP contribution in [0, 0.1) is 6.92 Å². The number of benzene rings is 2. The third-order valence-corrected chi connectivity index (χ3v) is 2.38. The Kier molecular flexibility index (Phi) is 3.75. The summed E-state index contributed by atoms with van der Waals surface area (Å²) in [5.74, 6) is 0. The molecule has 2 rings (SSSR count). The second kappa shape index (κ2) is 4.85. The van der Waals surface area contributed by atoms with Crippen molar-refractivity contribution >= 4 is 18.1 Å². The van der Waals surface area contributed by atoms with E-state index in [-0.39, 0.29) is 12.4 Å². The Morgan fingerprint density at radius 1 is 0.867 bits per heavy atom. The lowest BCUT2D eigenvalue weighted by Crippen LogP contribution is -1.89. The average molecular weight is 220 g/mol.